The molecule has 0 aliphatic rings. The summed E-state index contributed by atoms with van der Waals surface area (Å²) in [7, 11) is 0. The van der Waals surface area contributed by atoms with E-state index in [2.05, 4.69) is 24.1 Å². The number of aryl methyl sites for hydroxylation is 1. The molecule has 0 saturated carbocycles. The fraction of sp³-hybridized carbons (Fsp3) is 0.222. The van der Waals surface area contributed by atoms with Gasteiger partial charge >= 0.3 is 0 Å². The third-order valence-electron chi connectivity index (χ3n) is 3.41. The van der Waals surface area contributed by atoms with Gasteiger partial charge in [0.1, 0.15) is 0 Å². The minimum atomic E-state index is -0.163. The Labute approximate surface area is 154 Å². The minimum absolute atomic E-state index is 0.163. The van der Waals surface area contributed by atoms with Crippen LogP contribution in [0, 0.1) is 6.92 Å². The van der Waals surface area contributed by atoms with E-state index in [1.54, 1.807) is 11.8 Å². The molecule has 1 N–H and O–H groups in total. The van der Waals surface area contributed by atoms with Gasteiger partial charge in [-0.2, -0.15) is 0 Å². The summed E-state index contributed by atoms with van der Waals surface area (Å²) >= 11 is 9.38. The first kappa shape index (κ1) is 17.3. The number of thiazole rings is 1. The number of nitrogens with one attached hydrogen (secondary N) is 1. The van der Waals surface area contributed by atoms with Gasteiger partial charge in [-0.15, -0.1) is 11.8 Å². The van der Waals surface area contributed by atoms with Crippen LogP contribution in [0.3, 0.4) is 0 Å². The Bertz CT molecular complexity index is 849. The van der Waals surface area contributed by atoms with Crippen molar-refractivity contribution in [3.05, 3.63) is 52.5 Å². The molecule has 1 heterocycles. The Morgan fingerprint density at radius 1 is 1.21 bits per heavy atom. The van der Waals surface area contributed by atoms with E-state index in [4.69, 9.17) is 11.6 Å². The van der Waals surface area contributed by atoms with E-state index in [0.29, 0.717) is 21.0 Å². The lowest BCUT2D eigenvalue weighted by atomic mass is 10.2. The molecule has 0 bridgehead atoms. The molecule has 0 aliphatic heterocycles. The van der Waals surface area contributed by atoms with Crippen LogP contribution >= 0.6 is 34.7 Å². The first-order valence-electron chi connectivity index (χ1n) is 7.58. The highest BCUT2D eigenvalue weighted by Gasteiger charge is 2.13. The molecule has 0 spiro atoms. The van der Waals surface area contributed by atoms with E-state index in [-0.39, 0.29) is 5.91 Å². The summed E-state index contributed by atoms with van der Waals surface area (Å²) < 4.78 is 0.899. The number of amides is 1. The average molecular weight is 377 g/mol. The average Bonchev–Trinajstić information content (AvgIpc) is 2.96. The van der Waals surface area contributed by atoms with Crippen molar-refractivity contribution in [3.63, 3.8) is 0 Å². The molecule has 24 heavy (non-hydrogen) atoms. The Kier molecular flexibility index (Phi) is 5.13. The van der Waals surface area contributed by atoms with Gasteiger partial charge in [-0.05, 0) is 42.8 Å². The summed E-state index contributed by atoms with van der Waals surface area (Å²) in [5.41, 5.74) is 2.50. The lowest BCUT2D eigenvalue weighted by Crippen LogP contribution is -2.11. The molecule has 2 aromatic carbocycles. The van der Waals surface area contributed by atoms with Gasteiger partial charge < -0.3 is 0 Å². The number of thioether (sulfide) groups is 1. The van der Waals surface area contributed by atoms with Crippen molar-refractivity contribution in [1.82, 2.24) is 4.98 Å². The second kappa shape index (κ2) is 7.13. The molecule has 0 radical (unpaired) electrons. The quantitative estimate of drug-likeness (QED) is 0.567. The van der Waals surface area contributed by atoms with Crippen LogP contribution in [0.15, 0.2) is 41.3 Å². The van der Waals surface area contributed by atoms with Gasteiger partial charge in [0.2, 0.25) is 0 Å². The summed E-state index contributed by atoms with van der Waals surface area (Å²) in [5.74, 6) is -0.163. The number of fused-ring (bicyclic) bond motifs is 1. The second-order valence-corrected chi connectivity index (χ2v) is 8.76. The van der Waals surface area contributed by atoms with E-state index in [0.717, 1.165) is 20.7 Å². The van der Waals surface area contributed by atoms with Gasteiger partial charge in [0, 0.05) is 15.7 Å². The highest BCUT2D eigenvalue weighted by molar-refractivity contribution is 7.99. The van der Waals surface area contributed by atoms with Crippen LogP contribution in [0.25, 0.3) is 10.2 Å². The number of anilines is 1. The summed E-state index contributed by atoms with van der Waals surface area (Å²) in [5, 5.41) is 4.60. The molecule has 3 rings (SSSR count). The first-order chi connectivity index (χ1) is 11.4. The van der Waals surface area contributed by atoms with E-state index < -0.39 is 0 Å². The number of hydrogen-bond acceptors (Lipinski definition) is 4. The van der Waals surface area contributed by atoms with Gasteiger partial charge in [0.05, 0.1) is 15.2 Å². The number of nitrogens with zero attached hydrogens (tertiary/aromatic N) is 1. The molecule has 3 aromatic rings. The zero-order chi connectivity index (χ0) is 17.3. The topological polar surface area (TPSA) is 42.0 Å². The standard InChI is InChI=1S/C18H17ClN2OS2/c1-10(2)23-13-7-5-12(6-8-13)17(22)21-18-20-15-11(3)4-9-14(19)16(15)24-18/h4-10H,1-3H3,(H,20,21,22). The molecule has 0 unspecified atom stereocenters. The molecular weight excluding hydrogens is 360 g/mol. The lowest BCUT2D eigenvalue weighted by Gasteiger charge is -2.06. The number of carbonyl (C=O) groups excluding carboxylic acids is 1. The van der Waals surface area contributed by atoms with E-state index in [1.165, 1.54) is 11.3 Å². The van der Waals surface area contributed by atoms with Crippen LogP contribution < -0.4 is 5.32 Å². The van der Waals surface area contributed by atoms with Crippen molar-refractivity contribution in [2.24, 2.45) is 0 Å². The van der Waals surface area contributed by atoms with Crippen LogP contribution in [0.5, 0.6) is 0 Å². The second-order valence-electron chi connectivity index (χ2n) is 5.71. The Morgan fingerprint density at radius 2 is 1.92 bits per heavy atom. The van der Waals surface area contributed by atoms with Gasteiger partial charge in [-0.3, -0.25) is 10.1 Å². The minimum Gasteiger partial charge on any atom is -0.298 e. The number of carbonyl (C=O) groups is 1. The fourth-order valence-electron chi connectivity index (χ4n) is 2.28. The van der Waals surface area contributed by atoms with Crippen LogP contribution in [0.2, 0.25) is 5.02 Å². The molecule has 1 aromatic heterocycles. The van der Waals surface area contributed by atoms with E-state index in [9.17, 15) is 4.79 Å². The lowest BCUT2D eigenvalue weighted by molar-refractivity contribution is 0.102. The predicted octanol–water partition coefficient (Wildman–Crippen LogP) is 6.01. The van der Waals surface area contributed by atoms with Gasteiger partial charge in [0.15, 0.2) is 5.13 Å². The van der Waals surface area contributed by atoms with Crippen molar-refractivity contribution in [1.29, 1.82) is 0 Å². The molecule has 0 atom stereocenters. The largest absolute Gasteiger partial charge is 0.298 e. The van der Waals surface area contributed by atoms with Crippen molar-refractivity contribution in [3.8, 4) is 0 Å². The van der Waals surface area contributed by atoms with Crippen LogP contribution in [0.4, 0.5) is 5.13 Å². The van der Waals surface area contributed by atoms with Gasteiger partial charge in [-0.1, -0.05) is 42.9 Å². The third-order valence-corrected chi connectivity index (χ3v) is 5.85. The highest BCUT2D eigenvalue weighted by atomic mass is 35.5. The molecular formula is C18H17ClN2OS2. The number of aromatic nitrogens is 1. The maximum atomic E-state index is 12.4. The van der Waals surface area contributed by atoms with Crippen LogP contribution in [-0.2, 0) is 0 Å². The van der Waals surface area contributed by atoms with Gasteiger partial charge in [0.25, 0.3) is 5.91 Å². The molecule has 1 amide bonds. The first-order valence-corrected chi connectivity index (χ1v) is 9.65. The Balaban J connectivity index is 1.79. The summed E-state index contributed by atoms with van der Waals surface area (Å²) in [6, 6.07) is 11.4. The van der Waals surface area contributed by atoms with Crippen molar-refractivity contribution >= 4 is 56.0 Å². The number of benzene rings is 2. The van der Waals surface area contributed by atoms with Crippen molar-refractivity contribution < 1.29 is 4.79 Å². The zero-order valence-corrected chi connectivity index (χ0v) is 16.0. The SMILES string of the molecule is Cc1ccc(Cl)c2sc(NC(=O)c3ccc(SC(C)C)cc3)nc12. The fourth-order valence-corrected chi connectivity index (χ4v) is 4.33. The molecule has 3 nitrogen and oxygen atoms in total. The predicted molar refractivity (Wildman–Crippen MR) is 105 cm³/mol. The van der Waals surface area contributed by atoms with E-state index in [1.807, 2.05) is 43.3 Å². The molecule has 6 heteroatoms. The van der Waals surface area contributed by atoms with Crippen LogP contribution in [-0.4, -0.2) is 16.1 Å². The maximum absolute atomic E-state index is 12.4. The summed E-state index contributed by atoms with van der Waals surface area (Å²) in [4.78, 5) is 18.1. The van der Waals surface area contributed by atoms with Crippen molar-refractivity contribution in [2.75, 3.05) is 5.32 Å². The number of hydrogen-bond donors (Lipinski definition) is 1. The Morgan fingerprint density at radius 3 is 2.54 bits per heavy atom. The number of rotatable bonds is 4. The molecule has 0 aliphatic carbocycles. The molecule has 124 valence electrons. The molecule has 0 saturated heterocycles. The monoisotopic (exact) mass is 376 g/mol. The summed E-state index contributed by atoms with van der Waals surface area (Å²) in [6.45, 7) is 6.27. The number of halogens is 1. The Hall–Kier alpha value is -1.56. The summed E-state index contributed by atoms with van der Waals surface area (Å²) in [6.07, 6.45) is 0. The molecule has 0 fully saturated rings. The van der Waals surface area contributed by atoms with E-state index >= 15 is 0 Å². The third kappa shape index (κ3) is 3.74. The maximum Gasteiger partial charge on any atom is 0.257 e. The van der Waals surface area contributed by atoms with Crippen molar-refractivity contribution in [2.45, 2.75) is 30.9 Å². The highest BCUT2D eigenvalue weighted by Crippen LogP contribution is 2.34. The van der Waals surface area contributed by atoms with Crippen LogP contribution in [0.1, 0.15) is 29.8 Å². The smallest absolute Gasteiger partial charge is 0.257 e. The van der Waals surface area contributed by atoms with Gasteiger partial charge in [-0.25, -0.2) is 4.98 Å². The zero-order valence-electron chi connectivity index (χ0n) is 13.6. The normalized spacial score (nSPS) is 11.2.